The van der Waals surface area contributed by atoms with E-state index in [1.54, 1.807) is 6.92 Å². The molecule has 20 heavy (non-hydrogen) atoms. The highest BCUT2D eigenvalue weighted by Gasteiger charge is 2.34. The quantitative estimate of drug-likeness (QED) is 0.847. The molecule has 0 aliphatic rings. The molecule has 1 amide bonds. The van der Waals surface area contributed by atoms with Crippen LogP contribution >= 0.6 is 11.3 Å². The van der Waals surface area contributed by atoms with Crippen molar-refractivity contribution in [3.63, 3.8) is 0 Å². The van der Waals surface area contributed by atoms with Gasteiger partial charge in [-0.05, 0) is 13.3 Å². The normalized spacial score (nSPS) is 11.4. The molecule has 0 unspecified atom stereocenters. The van der Waals surface area contributed by atoms with Crippen LogP contribution in [0.3, 0.4) is 0 Å². The second kappa shape index (κ2) is 6.78. The lowest BCUT2D eigenvalue weighted by atomic mass is 10.3. The molecule has 0 aliphatic carbocycles. The molecule has 1 rings (SSSR count). The zero-order valence-electron chi connectivity index (χ0n) is 11.3. The standard InChI is InChI=1S/C11H17F3N4OS/c1-3-5-18(6-11(12,13)14)9(19)7-8(15)17-10(20-7)16-4-2/h3-6,15H2,1-2H3,(H,16,17). The first-order valence-electron chi connectivity index (χ1n) is 6.14. The second-order valence-electron chi connectivity index (χ2n) is 4.11. The largest absolute Gasteiger partial charge is 0.406 e. The number of rotatable bonds is 6. The van der Waals surface area contributed by atoms with E-state index < -0.39 is 18.6 Å². The van der Waals surface area contributed by atoms with Crippen molar-refractivity contribution < 1.29 is 18.0 Å². The number of carbonyl (C=O) groups excluding carboxylic acids is 1. The Morgan fingerprint density at radius 2 is 2.10 bits per heavy atom. The van der Waals surface area contributed by atoms with E-state index in [2.05, 4.69) is 10.3 Å². The molecular weight excluding hydrogens is 293 g/mol. The molecule has 1 aromatic heterocycles. The maximum absolute atomic E-state index is 12.5. The molecule has 1 aromatic rings. The molecule has 114 valence electrons. The Kier molecular flexibility index (Phi) is 5.61. The van der Waals surface area contributed by atoms with Gasteiger partial charge in [0, 0.05) is 13.1 Å². The Morgan fingerprint density at radius 3 is 2.60 bits per heavy atom. The van der Waals surface area contributed by atoms with Crippen molar-refractivity contribution in [2.75, 3.05) is 30.7 Å². The third kappa shape index (κ3) is 4.55. The lowest BCUT2D eigenvalue weighted by Gasteiger charge is -2.22. The van der Waals surface area contributed by atoms with Gasteiger partial charge in [0.15, 0.2) is 5.13 Å². The maximum atomic E-state index is 12.5. The smallest absolute Gasteiger partial charge is 0.382 e. The number of nitrogens with zero attached hydrogens (tertiary/aromatic N) is 2. The van der Waals surface area contributed by atoms with E-state index in [1.165, 1.54) is 0 Å². The van der Waals surface area contributed by atoms with Crippen LogP contribution in [0.15, 0.2) is 0 Å². The molecule has 0 atom stereocenters. The number of hydrogen-bond acceptors (Lipinski definition) is 5. The zero-order chi connectivity index (χ0) is 15.3. The predicted octanol–water partition coefficient (Wildman–Crippen LogP) is 2.57. The van der Waals surface area contributed by atoms with Gasteiger partial charge in [0.05, 0.1) is 0 Å². The first-order chi connectivity index (χ1) is 9.28. The zero-order valence-corrected chi connectivity index (χ0v) is 12.1. The first kappa shape index (κ1) is 16.5. The SMILES string of the molecule is CCCN(CC(F)(F)F)C(=O)c1sc(NCC)nc1N. The van der Waals surface area contributed by atoms with E-state index in [0.717, 1.165) is 16.2 Å². The molecule has 0 saturated carbocycles. The fourth-order valence-corrected chi connectivity index (χ4v) is 2.51. The number of aromatic nitrogens is 1. The highest BCUT2D eigenvalue weighted by Crippen LogP contribution is 2.27. The number of carbonyl (C=O) groups is 1. The van der Waals surface area contributed by atoms with Gasteiger partial charge in [-0.2, -0.15) is 13.2 Å². The molecule has 0 radical (unpaired) electrons. The first-order valence-corrected chi connectivity index (χ1v) is 6.96. The summed E-state index contributed by atoms with van der Waals surface area (Å²) < 4.78 is 37.4. The minimum atomic E-state index is -4.44. The van der Waals surface area contributed by atoms with Crippen molar-refractivity contribution in [2.24, 2.45) is 0 Å². The Labute approximate surface area is 119 Å². The number of halogens is 3. The lowest BCUT2D eigenvalue weighted by molar-refractivity contribution is -0.140. The molecule has 0 spiro atoms. The Hall–Kier alpha value is -1.51. The summed E-state index contributed by atoms with van der Waals surface area (Å²) in [4.78, 5) is 16.8. The molecule has 1 heterocycles. The van der Waals surface area contributed by atoms with Crippen molar-refractivity contribution in [2.45, 2.75) is 26.4 Å². The van der Waals surface area contributed by atoms with Crippen LogP contribution < -0.4 is 11.1 Å². The van der Waals surface area contributed by atoms with Gasteiger partial charge in [0.25, 0.3) is 5.91 Å². The molecule has 0 saturated heterocycles. The van der Waals surface area contributed by atoms with Crippen molar-refractivity contribution in [3.05, 3.63) is 4.88 Å². The van der Waals surface area contributed by atoms with Gasteiger partial charge in [0.2, 0.25) is 0 Å². The molecule has 5 nitrogen and oxygen atoms in total. The van der Waals surface area contributed by atoms with Gasteiger partial charge < -0.3 is 16.0 Å². The monoisotopic (exact) mass is 310 g/mol. The van der Waals surface area contributed by atoms with Crippen LogP contribution in [-0.4, -0.2) is 41.6 Å². The van der Waals surface area contributed by atoms with Gasteiger partial charge >= 0.3 is 6.18 Å². The summed E-state index contributed by atoms with van der Waals surface area (Å²) in [5, 5.41) is 3.30. The average Bonchev–Trinajstić information content (AvgIpc) is 2.68. The van der Waals surface area contributed by atoms with Gasteiger partial charge in [-0.25, -0.2) is 4.98 Å². The third-order valence-corrected chi connectivity index (χ3v) is 3.34. The molecule has 0 aromatic carbocycles. The number of nitrogens with one attached hydrogen (secondary N) is 1. The summed E-state index contributed by atoms with van der Waals surface area (Å²) >= 11 is 0.967. The van der Waals surface area contributed by atoms with Crippen molar-refractivity contribution >= 4 is 28.2 Å². The number of nitrogens with two attached hydrogens (primary N) is 1. The molecule has 0 bridgehead atoms. The Bertz CT molecular complexity index is 461. The number of nitrogen functional groups attached to an aromatic ring is 1. The van der Waals surface area contributed by atoms with Crippen LogP contribution in [0.4, 0.5) is 24.1 Å². The number of thiazole rings is 1. The summed E-state index contributed by atoms with van der Waals surface area (Å²) in [6.07, 6.45) is -4.00. The summed E-state index contributed by atoms with van der Waals surface area (Å²) in [5.41, 5.74) is 5.60. The minimum absolute atomic E-state index is 0.0201. The van der Waals surface area contributed by atoms with E-state index in [4.69, 9.17) is 5.73 Å². The minimum Gasteiger partial charge on any atom is -0.382 e. The van der Waals surface area contributed by atoms with Crippen LogP contribution in [0, 0.1) is 0 Å². The Morgan fingerprint density at radius 1 is 1.45 bits per heavy atom. The number of hydrogen-bond donors (Lipinski definition) is 2. The van der Waals surface area contributed by atoms with Crippen LogP contribution in [0.25, 0.3) is 0 Å². The van der Waals surface area contributed by atoms with Crippen LogP contribution in [0.5, 0.6) is 0 Å². The van der Waals surface area contributed by atoms with Crippen molar-refractivity contribution in [1.82, 2.24) is 9.88 Å². The van der Waals surface area contributed by atoms with Gasteiger partial charge in [0.1, 0.15) is 17.2 Å². The summed E-state index contributed by atoms with van der Waals surface area (Å²) in [6.45, 7) is 2.87. The van der Waals surface area contributed by atoms with Gasteiger partial charge in [-0.3, -0.25) is 4.79 Å². The highest BCUT2D eigenvalue weighted by atomic mass is 32.1. The predicted molar refractivity (Wildman–Crippen MR) is 72.9 cm³/mol. The van der Waals surface area contributed by atoms with E-state index in [9.17, 15) is 18.0 Å². The van der Waals surface area contributed by atoms with E-state index in [-0.39, 0.29) is 17.2 Å². The van der Waals surface area contributed by atoms with E-state index in [0.29, 0.717) is 18.1 Å². The van der Waals surface area contributed by atoms with Gasteiger partial charge in [-0.15, -0.1) is 0 Å². The maximum Gasteiger partial charge on any atom is 0.406 e. The molecular formula is C11H17F3N4OS. The average molecular weight is 310 g/mol. The van der Waals surface area contributed by atoms with Crippen LogP contribution in [-0.2, 0) is 0 Å². The number of amides is 1. The van der Waals surface area contributed by atoms with Crippen molar-refractivity contribution in [3.8, 4) is 0 Å². The van der Waals surface area contributed by atoms with Crippen LogP contribution in [0.1, 0.15) is 29.9 Å². The third-order valence-electron chi connectivity index (χ3n) is 2.33. The molecule has 3 N–H and O–H groups in total. The lowest BCUT2D eigenvalue weighted by Crippen LogP contribution is -2.39. The second-order valence-corrected chi connectivity index (χ2v) is 5.10. The van der Waals surface area contributed by atoms with E-state index in [1.807, 2.05) is 6.92 Å². The van der Waals surface area contributed by atoms with Gasteiger partial charge in [-0.1, -0.05) is 18.3 Å². The summed E-state index contributed by atoms with van der Waals surface area (Å²) in [5.74, 6) is -0.775. The molecule has 0 aliphatic heterocycles. The fourth-order valence-electron chi connectivity index (χ4n) is 1.59. The van der Waals surface area contributed by atoms with E-state index >= 15 is 0 Å². The number of alkyl halides is 3. The van der Waals surface area contributed by atoms with Crippen LogP contribution in [0.2, 0.25) is 0 Å². The number of anilines is 2. The molecule has 9 heteroatoms. The summed E-state index contributed by atoms with van der Waals surface area (Å²) in [6, 6.07) is 0. The Balaban J connectivity index is 2.94. The fraction of sp³-hybridized carbons (Fsp3) is 0.636. The van der Waals surface area contributed by atoms with Crippen molar-refractivity contribution in [1.29, 1.82) is 0 Å². The summed E-state index contributed by atoms with van der Waals surface area (Å²) in [7, 11) is 0. The molecule has 0 fully saturated rings. The topological polar surface area (TPSA) is 71.2 Å². The highest BCUT2D eigenvalue weighted by molar-refractivity contribution is 7.18.